The van der Waals surface area contributed by atoms with Crippen LogP contribution in [0.4, 0.5) is 0 Å². The van der Waals surface area contributed by atoms with Crippen molar-refractivity contribution in [2.75, 3.05) is 7.11 Å². The molecule has 3 heteroatoms. The smallest absolute Gasteiger partial charge is 0.0650 e. The maximum absolute atomic E-state index is 5.25. The second-order valence-electron chi connectivity index (χ2n) is 4.36. The van der Waals surface area contributed by atoms with Gasteiger partial charge >= 0.3 is 0 Å². The molecule has 14 heavy (non-hydrogen) atoms. The third-order valence-corrected chi connectivity index (χ3v) is 3.00. The van der Waals surface area contributed by atoms with E-state index in [1.165, 1.54) is 5.69 Å². The second-order valence-corrected chi connectivity index (χ2v) is 4.36. The molecule has 1 aromatic heterocycles. The Kier molecular flexibility index (Phi) is 2.59. The van der Waals surface area contributed by atoms with Crippen molar-refractivity contribution in [3.8, 4) is 0 Å². The number of ether oxygens (including phenoxy) is 1. The van der Waals surface area contributed by atoms with Crippen LogP contribution in [0.2, 0.25) is 0 Å². The molecule has 0 aromatic carbocycles. The van der Waals surface area contributed by atoms with Gasteiger partial charge in [-0.15, -0.1) is 0 Å². The molecule has 1 saturated carbocycles. The van der Waals surface area contributed by atoms with E-state index in [2.05, 4.69) is 35.9 Å². The average molecular weight is 194 g/mol. The summed E-state index contributed by atoms with van der Waals surface area (Å²) in [4.78, 5) is 0. The van der Waals surface area contributed by atoms with Crippen molar-refractivity contribution in [3.63, 3.8) is 0 Å². The highest BCUT2D eigenvalue weighted by Crippen LogP contribution is 2.33. The highest BCUT2D eigenvalue weighted by atomic mass is 16.5. The quantitative estimate of drug-likeness (QED) is 0.738. The molecule has 0 unspecified atom stereocenters. The average Bonchev–Trinajstić information content (AvgIpc) is 2.51. The molecule has 1 aliphatic rings. The van der Waals surface area contributed by atoms with Crippen LogP contribution < -0.4 is 0 Å². The van der Waals surface area contributed by atoms with E-state index < -0.39 is 0 Å². The summed E-state index contributed by atoms with van der Waals surface area (Å²) < 4.78 is 7.34. The van der Waals surface area contributed by atoms with Gasteiger partial charge in [0.05, 0.1) is 17.8 Å². The number of hydrogen-bond donors (Lipinski definition) is 0. The minimum absolute atomic E-state index is 0.451. The Hall–Kier alpha value is -0.830. The zero-order valence-corrected chi connectivity index (χ0v) is 9.10. The van der Waals surface area contributed by atoms with Gasteiger partial charge in [0.15, 0.2) is 0 Å². The topological polar surface area (TPSA) is 27.1 Å². The van der Waals surface area contributed by atoms with Crippen LogP contribution in [0.1, 0.15) is 44.3 Å². The lowest BCUT2D eigenvalue weighted by molar-refractivity contribution is 0.00236. The molecule has 0 atom stereocenters. The summed E-state index contributed by atoms with van der Waals surface area (Å²) >= 11 is 0. The van der Waals surface area contributed by atoms with Crippen LogP contribution in [0.15, 0.2) is 12.3 Å². The number of nitrogens with zero attached hydrogens (tertiary/aromatic N) is 2. The van der Waals surface area contributed by atoms with E-state index in [4.69, 9.17) is 4.74 Å². The molecule has 0 aliphatic heterocycles. The number of hydrogen-bond acceptors (Lipinski definition) is 2. The third-order valence-electron chi connectivity index (χ3n) is 3.00. The summed E-state index contributed by atoms with van der Waals surface area (Å²) in [5, 5.41) is 4.56. The molecule has 1 fully saturated rings. The van der Waals surface area contributed by atoms with Crippen LogP contribution in [0.25, 0.3) is 0 Å². The van der Waals surface area contributed by atoms with Gasteiger partial charge in [-0.05, 0) is 24.8 Å². The van der Waals surface area contributed by atoms with Crippen LogP contribution in [-0.2, 0) is 4.74 Å². The normalized spacial score (nSPS) is 26.6. The molecule has 0 spiro atoms. The van der Waals surface area contributed by atoms with Crippen molar-refractivity contribution in [2.45, 2.75) is 44.8 Å². The molecule has 3 nitrogen and oxygen atoms in total. The number of aromatic nitrogens is 2. The van der Waals surface area contributed by atoms with Gasteiger partial charge in [0, 0.05) is 13.3 Å². The predicted octanol–water partition coefficient (Wildman–Crippen LogP) is 2.36. The van der Waals surface area contributed by atoms with Crippen molar-refractivity contribution in [2.24, 2.45) is 0 Å². The van der Waals surface area contributed by atoms with Crippen LogP contribution in [0, 0.1) is 0 Å². The highest BCUT2D eigenvalue weighted by molar-refractivity contribution is 5.05. The first-order chi connectivity index (χ1) is 6.70. The molecule has 1 aliphatic carbocycles. The van der Waals surface area contributed by atoms with Gasteiger partial charge in [0.25, 0.3) is 0 Å². The largest absolute Gasteiger partial charge is 0.381 e. The van der Waals surface area contributed by atoms with Crippen molar-refractivity contribution in [3.05, 3.63) is 18.0 Å². The molecule has 2 rings (SSSR count). The van der Waals surface area contributed by atoms with Crippen molar-refractivity contribution in [1.29, 1.82) is 0 Å². The van der Waals surface area contributed by atoms with E-state index in [9.17, 15) is 0 Å². The first-order valence-electron chi connectivity index (χ1n) is 5.28. The van der Waals surface area contributed by atoms with Gasteiger partial charge in [-0.3, -0.25) is 4.68 Å². The van der Waals surface area contributed by atoms with E-state index in [0.717, 1.165) is 12.8 Å². The summed E-state index contributed by atoms with van der Waals surface area (Å²) in [6.07, 6.45) is 4.75. The fraction of sp³-hybridized carbons (Fsp3) is 0.727. The Balaban J connectivity index is 1.98. The molecule has 0 radical (unpaired) electrons. The van der Waals surface area contributed by atoms with Crippen LogP contribution in [-0.4, -0.2) is 23.0 Å². The molecule has 0 bridgehead atoms. The first-order valence-corrected chi connectivity index (χ1v) is 5.28. The molecule has 0 saturated heterocycles. The van der Waals surface area contributed by atoms with Crippen LogP contribution >= 0.6 is 0 Å². The maximum atomic E-state index is 5.25. The molecular formula is C11H18N2O. The lowest BCUT2D eigenvalue weighted by atomic mass is 9.89. The summed E-state index contributed by atoms with van der Waals surface area (Å²) in [5.41, 5.74) is 1.19. The van der Waals surface area contributed by atoms with Gasteiger partial charge in [0.1, 0.15) is 0 Å². The fourth-order valence-corrected chi connectivity index (χ4v) is 1.81. The Labute approximate surface area is 85.1 Å². The minimum atomic E-state index is 0.451. The van der Waals surface area contributed by atoms with Crippen molar-refractivity contribution < 1.29 is 4.74 Å². The number of methoxy groups -OCH3 is 1. The Bertz CT molecular complexity index is 300. The summed E-state index contributed by atoms with van der Waals surface area (Å²) in [6.45, 7) is 4.34. The molecule has 78 valence electrons. The molecule has 0 N–H and O–H groups in total. The Morgan fingerprint density at radius 2 is 2.21 bits per heavy atom. The predicted molar refractivity (Wildman–Crippen MR) is 55.4 cm³/mol. The van der Waals surface area contributed by atoms with E-state index in [1.807, 2.05) is 0 Å². The van der Waals surface area contributed by atoms with E-state index >= 15 is 0 Å². The van der Waals surface area contributed by atoms with Crippen LogP contribution in [0.5, 0.6) is 0 Å². The second kappa shape index (κ2) is 3.73. The lowest BCUT2D eigenvalue weighted by Crippen LogP contribution is -2.32. The van der Waals surface area contributed by atoms with E-state index in [1.54, 1.807) is 7.11 Å². The lowest BCUT2D eigenvalue weighted by Gasteiger charge is -2.34. The minimum Gasteiger partial charge on any atom is -0.381 e. The summed E-state index contributed by atoms with van der Waals surface area (Å²) in [6, 6.07) is 2.68. The van der Waals surface area contributed by atoms with Gasteiger partial charge in [-0.25, -0.2) is 0 Å². The van der Waals surface area contributed by atoms with E-state index in [0.29, 0.717) is 18.1 Å². The monoisotopic (exact) mass is 194 g/mol. The summed E-state index contributed by atoms with van der Waals surface area (Å²) in [7, 11) is 1.78. The van der Waals surface area contributed by atoms with Crippen molar-refractivity contribution >= 4 is 0 Å². The molecular weight excluding hydrogens is 176 g/mol. The molecule has 1 heterocycles. The zero-order valence-electron chi connectivity index (χ0n) is 9.10. The highest BCUT2D eigenvalue weighted by Gasteiger charge is 2.30. The Morgan fingerprint density at radius 3 is 2.71 bits per heavy atom. The SMILES string of the molecule is COC1CC(n2ccc(C(C)C)n2)C1. The van der Waals surface area contributed by atoms with Crippen LogP contribution in [0.3, 0.4) is 0 Å². The third kappa shape index (κ3) is 1.69. The summed E-state index contributed by atoms with van der Waals surface area (Å²) in [5.74, 6) is 0.523. The van der Waals surface area contributed by atoms with Gasteiger partial charge in [-0.2, -0.15) is 5.10 Å². The maximum Gasteiger partial charge on any atom is 0.0650 e. The molecule has 0 amide bonds. The fourth-order valence-electron chi connectivity index (χ4n) is 1.81. The first kappa shape index (κ1) is 9.71. The molecule has 1 aromatic rings. The van der Waals surface area contributed by atoms with Gasteiger partial charge in [-0.1, -0.05) is 13.8 Å². The van der Waals surface area contributed by atoms with Gasteiger partial charge in [0.2, 0.25) is 0 Å². The van der Waals surface area contributed by atoms with E-state index in [-0.39, 0.29) is 0 Å². The van der Waals surface area contributed by atoms with Crippen molar-refractivity contribution in [1.82, 2.24) is 9.78 Å². The van der Waals surface area contributed by atoms with Gasteiger partial charge < -0.3 is 4.74 Å². The standard InChI is InChI=1S/C11H18N2O/c1-8(2)11-4-5-13(12-11)9-6-10(7-9)14-3/h4-5,8-10H,6-7H2,1-3H3. The Morgan fingerprint density at radius 1 is 1.50 bits per heavy atom. The zero-order chi connectivity index (χ0) is 10.1. The number of rotatable bonds is 3.